The molecule has 1 unspecified atom stereocenters. The van der Waals surface area contributed by atoms with E-state index in [1.54, 1.807) is 53.9 Å². The van der Waals surface area contributed by atoms with E-state index in [0.717, 1.165) is 6.42 Å². The maximum atomic E-state index is 14.5. The molecule has 2 saturated heterocycles. The van der Waals surface area contributed by atoms with Crippen molar-refractivity contribution in [2.75, 3.05) is 20.8 Å². The van der Waals surface area contributed by atoms with Gasteiger partial charge in [0.15, 0.2) is 5.78 Å². The summed E-state index contributed by atoms with van der Waals surface area (Å²) in [6, 6.07) is -1.87. The topological polar surface area (TPSA) is 215 Å². The normalized spacial score (nSPS) is 39.1. The summed E-state index contributed by atoms with van der Waals surface area (Å²) >= 11 is 0. The van der Waals surface area contributed by atoms with Crippen LogP contribution in [0.1, 0.15) is 146 Å². The fraction of sp³-hybridized carbons (Fsp3) is 0.774. The van der Waals surface area contributed by atoms with Crippen LogP contribution in [0, 0.1) is 35.5 Å². The SMILES string of the molecule is CO[C@@H]1C[C@H](CC(C)[C@@H]2CC[C@H](C)/C=C(\C)[C@@H](O)[C@@H](OC)C(=O)[C@H](C)C[C@H](C)/C=C/C=C/C=C(\C)[C@@H](NS(=O)(=O)C(C)C)C[C@@H]3CC[C@@H](C)[C@@](O)(O3)C(=O)C(=O)N3CCCC[C@H]3C(=O)O2)CC[C@H]1O. The Morgan fingerprint density at radius 3 is 2.22 bits per heavy atom. The molecule has 0 aromatic carbocycles. The lowest BCUT2D eigenvalue weighted by Crippen LogP contribution is -2.61. The fourth-order valence-electron chi connectivity index (χ4n) is 10.5. The molecule has 2 bridgehead atoms. The number of esters is 1. The van der Waals surface area contributed by atoms with E-state index in [0.29, 0.717) is 75.4 Å². The number of aliphatic hydroxyl groups excluding tert-OH is 2. The van der Waals surface area contributed by atoms with Gasteiger partial charge in [0.25, 0.3) is 11.7 Å². The lowest BCUT2D eigenvalue weighted by atomic mass is 9.78. The fourth-order valence-corrected chi connectivity index (χ4v) is 11.5. The number of aliphatic hydroxyl groups is 3. The second kappa shape index (κ2) is 26.6. The number of hydrogen-bond acceptors (Lipinski definition) is 13. The number of nitrogens with one attached hydrogen (secondary N) is 1. The average Bonchev–Trinajstić information content (AvgIpc) is 3.30. The van der Waals surface area contributed by atoms with Crippen LogP contribution in [0.5, 0.6) is 0 Å². The molecule has 392 valence electrons. The van der Waals surface area contributed by atoms with Crippen molar-refractivity contribution in [3.8, 4) is 0 Å². The van der Waals surface area contributed by atoms with Crippen molar-refractivity contribution in [2.45, 2.75) is 206 Å². The minimum Gasteiger partial charge on any atom is -0.461 e. The zero-order valence-electron chi connectivity index (χ0n) is 43.3. The number of ketones is 2. The quantitative estimate of drug-likeness (QED) is 0.114. The first-order valence-electron chi connectivity index (χ1n) is 25.6. The molecule has 1 saturated carbocycles. The van der Waals surface area contributed by atoms with Crippen molar-refractivity contribution < 1.29 is 61.9 Å². The Morgan fingerprint density at radius 2 is 1.55 bits per heavy atom. The highest BCUT2D eigenvalue weighted by Crippen LogP contribution is 2.38. The predicted octanol–water partition coefficient (Wildman–Crippen LogP) is 6.68. The van der Waals surface area contributed by atoms with Crippen LogP contribution in [0.4, 0.5) is 0 Å². The number of Topliss-reactive ketones (excluding diaryl/α,β-unsaturated/α-hetero) is 2. The molecule has 1 amide bonds. The number of amides is 1. The first-order valence-corrected chi connectivity index (χ1v) is 27.1. The number of carbonyl (C=O) groups excluding carboxylic acids is 4. The van der Waals surface area contributed by atoms with Crippen LogP contribution in [0.3, 0.4) is 0 Å². The molecule has 69 heavy (non-hydrogen) atoms. The van der Waals surface area contributed by atoms with Crippen molar-refractivity contribution in [1.29, 1.82) is 0 Å². The molecule has 3 fully saturated rings. The molecule has 4 N–H and O–H groups in total. The molecule has 0 spiro atoms. The van der Waals surface area contributed by atoms with Crippen LogP contribution in [0.15, 0.2) is 47.6 Å². The molecule has 15 nitrogen and oxygen atoms in total. The van der Waals surface area contributed by atoms with Crippen molar-refractivity contribution in [1.82, 2.24) is 9.62 Å². The zero-order valence-corrected chi connectivity index (χ0v) is 44.1. The zero-order chi connectivity index (χ0) is 51.4. The van der Waals surface area contributed by atoms with Gasteiger partial charge in [-0.1, -0.05) is 76.6 Å². The number of piperidine rings is 1. The van der Waals surface area contributed by atoms with Gasteiger partial charge in [0.05, 0.1) is 23.6 Å². The number of ether oxygens (including phenoxy) is 4. The highest BCUT2D eigenvalue weighted by atomic mass is 32.2. The van der Waals surface area contributed by atoms with E-state index in [1.165, 1.54) is 12.0 Å². The van der Waals surface area contributed by atoms with Gasteiger partial charge in [0.2, 0.25) is 15.8 Å². The highest BCUT2D eigenvalue weighted by Gasteiger charge is 2.53. The number of allylic oxidation sites excluding steroid dienone is 6. The van der Waals surface area contributed by atoms with Crippen LogP contribution in [-0.4, -0.2) is 133 Å². The van der Waals surface area contributed by atoms with Gasteiger partial charge >= 0.3 is 5.97 Å². The first-order chi connectivity index (χ1) is 32.4. The summed E-state index contributed by atoms with van der Waals surface area (Å²) in [6.07, 6.45) is 13.0. The van der Waals surface area contributed by atoms with Gasteiger partial charge in [-0.2, -0.15) is 0 Å². The summed E-state index contributed by atoms with van der Waals surface area (Å²) in [7, 11) is -0.780. The van der Waals surface area contributed by atoms with E-state index in [4.69, 9.17) is 18.9 Å². The number of fused-ring (bicyclic) bond motifs is 3. The smallest absolute Gasteiger partial charge is 0.329 e. The third kappa shape index (κ3) is 15.9. The van der Waals surface area contributed by atoms with E-state index in [1.807, 2.05) is 52.0 Å². The second-order valence-electron chi connectivity index (χ2n) is 21.2. The van der Waals surface area contributed by atoms with Gasteiger partial charge in [0, 0.05) is 38.6 Å². The molecule has 3 aliphatic heterocycles. The Balaban J connectivity index is 1.72. The Morgan fingerprint density at radius 1 is 0.841 bits per heavy atom. The number of carbonyl (C=O) groups is 4. The molecular formula is C53H86N2O13S. The molecule has 0 aromatic rings. The highest BCUT2D eigenvalue weighted by molar-refractivity contribution is 7.90. The van der Waals surface area contributed by atoms with E-state index < -0.39 is 93.2 Å². The molecule has 3 heterocycles. The minimum absolute atomic E-state index is 0.0119. The number of cyclic esters (lactones) is 1. The molecule has 0 aromatic heterocycles. The molecular weight excluding hydrogens is 905 g/mol. The Hall–Kier alpha value is -3.09. The van der Waals surface area contributed by atoms with Gasteiger partial charge in [-0.3, -0.25) is 14.4 Å². The lowest BCUT2D eigenvalue weighted by Gasteiger charge is -2.43. The maximum Gasteiger partial charge on any atom is 0.329 e. The minimum atomic E-state index is -3.79. The van der Waals surface area contributed by atoms with Gasteiger partial charge < -0.3 is 39.2 Å². The van der Waals surface area contributed by atoms with Gasteiger partial charge in [-0.05, 0) is 140 Å². The van der Waals surface area contributed by atoms with Gasteiger partial charge in [0.1, 0.15) is 24.4 Å². The second-order valence-corrected chi connectivity index (χ2v) is 23.5. The summed E-state index contributed by atoms with van der Waals surface area (Å²) in [5.41, 5.74) is 1.23. The molecule has 4 aliphatic rings. The van der Waals surface area contributed by atoms with Gasteiger partial charge in [-0.15, -0.1) is 0 Å². The van der Waals surface area contributed by atoms with Crippen molar-refractivity contribution in [2.24, 2.45) is 35.5 Å². The molecule has 4 rings (SSSR count). The third-order valence-electron chi connectivity index (χ3n) is 15.2. The van der Waals surface area contributed by atoms with Crippen LogP contribution in [0.25, 0.3) is 0 Å². The number of rotatable bonds is 8. The van der Waals surface area contributed by atoms with E-state index in [2.05, 4.69) is 4.72 Å². The largest absolute Gasteiger partial charge is 0.461 e. The Kier molecular flexibility index (Phi) is 22.5. The number of hydrogen-bond donors (Lipinski definition) is 4. The molecule has 0 radical (unpaired) electrons. The monoisotopic (exact) mass is 991 g/mol. The summed E-state index contributed by atoms with van der Waals surface area (Å²) in [6.45, 7) is 16.3. The van der Waals surface area contributed by atoms with Crippen LogP contribution < -0.4 is 4.72 Å². The van der Waals surface area contributed by atoms with Crippen LogP contribution in [0.2, 0.25) is 0 Å². The molecule has 16 heteroatoms. The van der Waals surface area contributed by atoms with E-state index in [9.17, 15) is 42.9 Å². The summed E-state index contributed by atoms with van der Waals surface area (Å²) in [5, 5.41) is 33.4. The summed E-state index contributed by atoms with van der Waals surface area (Å²) in [5.74, 6) is -6.86. The van der Waals surface area contributed by atoms with Crippen molar-refractivity contribution in [3.63, 3.8) is 0 Å². The predicted molar refractivity (Wildman–Crippen MR) is 265 cm³/mol. The number of methoxy groups -OCH3 is 2. The lowest BCUT2D eigenvalue weighted by molar-refractivity contribution is -0.264. The number of sulfonamides is 1. The van der Waals surface area contributed by atoms with Crippen molar-refractivity contribution in [3.05, 3.63) is 47.6 Å². The average molecular weight is 991 g/mol. The molecule has 1 aliphatic carbocycles. The third-order valence-corrected chi connectivity index (χ3v) is 17.1. The maximum absolute atomic E-state index is 14.5. The summed E-state index contributed by atoms with van der Waals surface area (Å²) in [4.78, 5) is 58.2. The standard InChI is InChI=1S/C53H86N2O13S/c1-32(2)69(63,64)54-42-31-41-23-21-39(9)53(62,68-41)50(59)51(60)55-26-16-15-19-43(55)52(61)67-45(36(6)29-40-22-24-44(56)46(30-40)65-10)25-20-34(4)28-38(8)48(58)49(66-11)47(57)37(7)27-33(3)17-13-12-14-18-35(42)5/h12-14,17-18,28,32-34,36-37,39-46,48-49,54,56,58,62H,15-16,19-27,29-31H2,1-11H3/b14-12+,17-13+,35-18+,38-28+/t33-,34+,36?,37-,39-,40+,41+,42+,43+,44-,45+,46-,48-,49+,53-/m1/s1. The Labute approximate surface area is 412 Å². The van der Waals surface area contributed by atoms with Crippen LogP contribution >= 0.6 is 0 Å². The van der Waals surface area contributed by atoms with E-state index in [-0.39, 0.29) is 54.9 Å². The number of nitrogens with zero attached hydrogens (tertiary/aromatic N) is 1. The first kappa shape index (κ1) is 58.5. The Bertz CT molecular complexity index is 1970. The summed E-state index contributed by atoms with van der Waals surface area (Å²) < 4.78 is 53.2. The van der Waals surface area contributed by atoms with Gasteiger partial charge in [-0.25, -0.2) is 17.9 Å². The van der Waals surface area contributed by atoms with Crippen molar-refractivity contribution >= 4 is 33.5 Å². The molecule has 15 atom stereocenters. The van der Waals surface area contributed by atoms with E-state index >= 15 is 0 Å². The van der Waals surface area contributed by atoms with Crippen LogP contribution in [-0.2, 0) is 48.1 Å².